The second-order valence-electron chi connectivity index (χ2n) is 7.54. The smallest absolute Gasteiger partial charge is 0.253 e. The molecule has 11 heteroatoms. The summed E-state index contributed by atoms with van der Waals surface area (Å²) in [5.74, 6) is -0.369. The van der Waals surface area contributed by atoms with Crippen molar-refractivity contribution in [2.24, 2.45) is 0 Å². The number of carbonyl (C=O) groups excluding carboxylic acids is 1. The number of hydrogen-bond acceptors (Lipinski definition) is 7. The van der Waals surface area contributed by atoms with Crippen molar-refractivity contribution in [2.45, 2.75) is 23.1 Å². The molecule has 2 aromatic heterocycles. The van der Waals surface area contributed by atoms with Crippen LogP contribution in [-0.2, 0) is 14.8 Å². The molecular weight excluding hydrogens is 502 g/mol. The Morgan fingerprint density at radius 1 is 1.15 bits per heavy atom. The zero-order chi connectivity index (χ0) is 23.2. The van der Waals surface area contributed by atoms with E-state index < -0.39 is 22.0 Å². The average molecular weight is 520 g/mol. The number of thiazole rings is 1. The minimum absolute atomic E-state index is 0.0479. The number of hydrogen-bond donors (Lipinski definition) is 2. The second-order valence-corrected chi connectivity index (χ2v) is 12.4. The van der Waals surface area contributed by atoms with Gasteiger partial charge in [0.2, 0.25) is 5.91 Å². The van der Waals surface area contributed by atoms with Gasteiger partial charge in [0.1, 0.15) is 21.0 Å². The lowest BCUT2D eigenvalue weighted by atomic mass is 10.1. The third-order valence-corrected chi connectivity index (χ3v) is 10.1. The van der Waals surface area contributed by atoms with Gasteiger partial charge in [-0.2, -0.15) is 4.31 Å². The molecule has 0 bridgehead atoms. The first kappa shape index (κ1) is 22.3. The number of amides is 1. The Bertz CT molecular complexity index is 1430. The number of aromatic nitrogens is 1. The molecule has 0 saturated carbocycles. The lowest BCUT2D eigenvalue weighted by molar-refractivity contribution is -0.119. The largest absolute Gasteiger partial charge is 0.507 e. The van der Waals surface area contributed by atoms with Gasteiger partial charge in [0.15, 0.2) is 0 Å². The van der Waals surface area contributed by atoms with Crippen LogP contribution in [0.25, 0.3) is 20.8 Å². The van der Waals surface area contributed by atoms with E-state index in [2.05, 4.69) is 10.3 Å². The number of fused-ring (bicyclic) bond motifs is 1. The Morgan fingerprint density at radius 3 is 2.73 bits per heavy atom. The number of nitrogens with one attached hydrogen (secondary N) is 1. The van der Waals surface area contributed by atoms with Crippen LogP contribution >= 0.6 is 34.3 Å². The monoisotopic (exact) mass is 519 g/mol. The van der Waals surface area contributed by atoms with E-state index in [1.807, 2.05) is 24.3 Å². The molecule has 4 aromatic rings. The summed E-state index contributed by atoms with van der Waals surface area (Å²) in [6.45, 7) is 0.266. The van der Waals surface area contributed by atoms with Crippen molar-refractivity contribution in [1.82, 2.24) is 9.29 Å². The van der Waals surface area contributed by atoms with E-state index in [0.29, 0.717) is 33.4 Å². The van der Waals surface area contributed by atoms with Crippen LogP contribution in [0.3, 0.4) is 0 Å². The number of sulfonamides is 1. The maximum Gasteiger partial charge on any atom is 0.253 e. The number of thiophene rings is 1. The van der Waals surface area contributed by atoms with Crippen molar-refractivity contribution in [3.8, 4) is 16.3 Å². The average Bonchev–Trinajstić information content (AvgIpc) is 3.54. The van der Waals surface area contributed by atoms with Crippen molar-refractivity contribution in [3.05, 3.63) is 58.9 Å². The van der Waals surface area contributed by atoms with Crippen LogP contribution in [0.1, 0.15) is 12.8 Å². The van der Waals surface area contributed by atoms with Gasteiger partial charge < -0.3 is 10.4 Å². The summed E-state index contributed by atoms with van der Waals surface area (Å²) in [5, 5.41) is 13.8. The van der Waals surface area contributed by atoms with E-state index in [0.717, 1.165) is 21.6 Å². The van der Waals surface area contributed by atoms with Gasteiger partial charge in [-0.15, -0.1) is 22.7 Å². The zero-order valence-electron chi connectivity index (χ0n) is 17.1. The third-order valence-electron chi connectivity index (χ3n) is 5.41. The normalized spacial score (nSPS) is 16.9. The maximum absolute atomic E-state index is 13.1. The molecule has 0 aliphatic carbocycles. The number of rotatable bonds is 5. The molecule has 0 radical (unpaired) electrons. The molecule has 3 heterocycles. The van der Waals surface area contributed by atoms with Crippen LogP contribution in [0.2, 0.25) is 4.34 Å². The van der Waals surface area contributed by atoms with Gasteiger partial charge in [0.25, 0.3) is 10.0 Å². The Morgan fingerprint density at radius 2 is 1.97 bits per heavy atom. The molecule has 7 nitrogen and oxygen atoms in total. The zero-order valence-corrected chi connectivity index (χ0v) is 20.3. The number of halogens is 1. The fourth-order valence-electron chi connectivity index (χ4n) is 3.84. The van der Waals surface area contributed by atoms with Crippen molar-refractivity contribution < 1.29 is 18.3 Å². The predicted molar refractivity (Wildman–Crippen MR) is 132 cm³/mol. The second kappa shape index (κ2) is 8.69. The molecule has 1 atom stereocenters. The van der Waals surface area contributed by atoms with E-state index >= 15 is 0 Å². The van der Waals surface area contributed by atoms with E-state index in [1.54, 1.807) is 12.1 Å². The van der Waals surface area contributed by atoms with Gasteiger partial charge in [-0.1, -0.05) is 23.7 Å². The van der Waals surface area contributed by atoms with Crippen LogP contribution in [0, 0.1) is 0 Å². The van der Waals surface area contributed by atoms with Crippen molar-refractivity contribution in [1.29, 1.82) is 0 Å². The molecule has 1 aliphatic rings. The van der Waals surface area contributed by atoms with Crippen molar-refractivity contribution in [2.75, 3.05) is 11.9 Å². The van der Waals surface area contributed by atoms with Crippen LogP contribution in [0.5, 0.6) is 5.75 Å². The molecule has 2 N–H and O–H groups in total. The Hall–Kier alpha value is -2.50. The fraction of sp³-hybridized carbons (Fsp3) is 0.182. The number of phenolic OH excluding ortho intramolecular Hbond substituents is 1. The fourth-order valence-corrected chi connectivity index (χ4v) is 8.10. The van der Waals surface area contributed by atoms with Gasteiger partial charge in [-0.3, -0.25) is 4.79 Å². The number of anilines is 1. The van der Waals surface area contributed by atoms with Crippen molar-refractivity contribution in [3.63, 3.8) is 0 Å². The highest BCUT2D eigenvalue weighted by molar-refractivity contribution is 7.91. The van der Waals surface area contributed by atoms with Gasteiger partial charge >= 0.3 is 0 Å². The number of benzene rings is 2. The lowest BCUT2D eigenvalue weighted by Gasteiger charge is -2.22. The first-order valence-corrected chi connectivity index (χ1v) is 13.5. The number of para-hydroxylation sites is 1. The number of phenols is 1. The topological polar surface area (TPSA) is 99.6 Å². The molecule has 5 rings (SSSR count). The molecule has 1 saturated heterocycles. The molecule has 33 heavy (non-hydrogen) atoms. The molecule has 170 valence electrons. The quantitative estimate of drug-likeness (QED) is 0.354. The summed E-state index contributed by atoms with van der Waals surface area (Å²) >= 11 is 8.33. The summed E-state index contributed by atoms with van der Waals surface area (Å²) in [5.41, 5.74) is 1.78. The van der Waals surface area contributed by atoms with Gasteiger partial charge in [-0.05, 0) is 55.3 Å². The maximum atomic E-state index is 13.1. The van der Waals surface area contributed by atoms with Crippen molar-refractivity contribution >= 4 is 66.1 Å². The SMILES string of the molecule is O=C(Nc1ccc(O)c(-c2nc3ccccc3s2)c1)C1CCCN1S(=O)(=O)c1ccc(Cl)s1. The van der Waals surface area contributed by atoms with Gasteiger partial charge in [-0.25, -0.2) is 13.4 Å². The minimum atomic E-state index is -3.82. The molecule has 1 aliphatic heterocycles. The summed E-state index contributed by atoms with van der Waals surface area (Å²) in [6, 6.07) is 14.6. The van der Waals surface area contributed by atoms with E-state index in [1.165, 1.54) is 33.8 Å². The minimum Gasteiger partial charge on any atom is -0.507 e. The Labute approximate surface area is 203 Å². The van der Waals surface area contributed by atoms with Gasteiger partial charge in [0.05, 0.1) is 20.1 Å². The number of nitrogens with zero attached hydrogens (tertiary/aromatic N) is 2. The lowest BCUT2D eigenvalue weighted by Crippen LogP contribution is -2.42. The van der Waals surface area contributed by atoms with Crippen LogP contribution in [0.15, 0.2) is 58.8 Å². The molecule has 1 fully saturated rings. The van der Waals surface area contributed by atoms with Crippen LogP contribution in [-0.4, -0.2) is 41.3 Å². The predicted octanol–water partition coefficient (Wildman–Crippen LogP) is 5.18. The molecule has 0 spiro atoms. The molecule has 1 amide bonds. The van der Waals surface area contributed by atoms with E-state index in [-0.39, 0.29) is 16.5 Å². The summed E-state index contributed by atoms with van der Waals surface area (Å²) in [4.78, 5) is 17.6. The number of carbonyl (C=O) groups is 1. The first-order chi connectivity index (χ1) is 15.8. The highest BCUT2D eigenvalue weighted by Crippen LogP contribution is 2.37. The summed E-state index contributed by atoms with van der Waals surface area (Å²) in [6.07, 6.45) is 1.01. The molecule has 1 unspecified atom stereocenters. The number of aromatic hydroxyl groups is 1. The Kier molecular flexibility index (Phi) is 5.87. The summed E-state index contributed by atoms with van der Waals surface area (Å²) in [7, 11) is -3.82. The van der Waals surface area contributed by atoms with Crippen LogP contribution < -0.4 is 5.32 Å². The standard InChI is InChI=1S/C22H18ClN3O4S3/c23-19-9-10-20(32-19)33(29,30)26-11-3-5-16(26)21(28)24-13-7-8-17(27)14(12-13)22-25-15-4-1-2-6-18(15)31-22/h1-2,4,6-10,12,16,27H,3,5,11H2,(H,24,28). The van der Waals surface area contributed by atoms with Crippen LogP contribution in [0.4, 0.5) is 5.69 Å². The highest BCUT2D eigenvalue weighted by Gasteiger charge is 2.40. The first-order valence-electron chi connectivity index (χ1n) is 10.1. The highest BCUT2D eigenvalue weighted by atomic mass is 35.5. The molecule has 2 aromatic carbocycles. The third kappa shape index (κ3) is 4.24. The molecular formula is C22H18ClN3O4S3. The Balaban J connectivity index is 1.40. The van der Waals surface area contributed by atoms with Gasteiger partial charge in [0, 0.05) is 12.2 Å². The summed E-state index contributed by atoms with van der Waals surface area (Å²) < 4.78 is 28.8. The van der Waals surface area contributed by atoms with E-state index in [9.17, 15) is 18.3 Å². The van der Waals surface area contributed by atoms with E-state index in [4.69, 9.17) is 11.6 Å².